The first-order chi connectivity index (χ1) is 9.69. The van der Waals surface area contributed by atoms with Crippen LogP contribution in [0.25, 0.3) is 0 Å². The fraction of sp³-hybridized carbons (Fsp3) is 0.267. The number of nitrogens with zero attached hydrogens (tertiary/aromatic N) is 4. The minimum atomic E-state index is 0.498. The Labute approximate surface area is 118 Å². The van der Waals surface area contributed by atoms with Crippen LogP contribution >= 0.6 is 0 Å². The summed E-state index contributed by atoms with van der Waals surface area (Å²) in [6.07, 6.45) is 3.22. The van der Waals surface area contributed by atoms with Crippen molar-refractivity contribution in [2.24, 2.45) is 0 Å². The van der Waals surface area contributed by atoms with E-state index in [2.05, 4.69) is 23.0 Å². The molecule has 0 saturated carbocycles. The highest BCUT2D eigenvalue weighted by molar-refractivity contribution is 5.70. The van der Waals surface area contributed by atoms with E-state index in [0.29, 0.717) is 11.4 Å². The molecule has 20 heavy (non-hydrogen) atoms. The highest BCUT2D eigenvalue weighted by Crippen LogP contribution is 2.30. The lowest BCUT2D eigenvalue weighted by Gasteiger charge is -2.22. The summed E-state index contributed by atoms with van der Waals surface area (Å²) in [5.41, 5.74) is 8.29. The molecule has 0 radical (unpaired) electrons. The van der Waals surface area contributed by atoms with Gasteiger partial charge in [0.15, 0.2) is 0 Å². The third-order valence-electron chi connectivity index (χ3n) is 3.16. The quantitative estimate of drug-likeness (QED) is 0.921. The molecule has 0 aliphatic heterocycles. The molecule has 1 aromatic heterocycles. The molecule has 2 rings (SSSR count). The lowest BCUT2D eigenvalue weighted by atomic mass is 10.1. The predicted octanol–water partition coefficient (Wildman–Crippen LogP) is 2.65. The Bertz CT molecular complexity index is 645. The molecule has 1 heterocycles. The van der Waals surface area contributed by atoms with Gasteiger partial charge in [-0.3, -0.25) is 0 Å². The summed E-state index contributed by atoms with van der Waals surface area (Å²) in [4.78, 5) is 10.3. The van der Waals surface area contributed by atoms with E-state index in [9.17, 15) is 5.26 Å². The number of nitrogen functional groups attached to an aromatic ring is 1. The fourth-order valence-corrected chi connectivity index (χ4v) is 2.17. The SMILES string of the molecule is CCCc1c(N)ncnc1N(C)c1ccccc1C#N. The van der Waals surface area contributed by atoms with Crippen LogP contribution in [-0.4, -0.2) is 17.0 Å². The second kappa shape index (κ2) is 6.02. The highest BCUT2D eigenvalue weighted by atomic mass is 15.2. The van der Waals surface area contributed by atoms with Gasteiger partial charge in [0.05, 0.1) is 11.3 Å². The number of hydrogen-bond donors (Lipinski definition) is 1. The van der Waals surface area contributed by atoms with E-state index < -0.39 is 0 Å². The topological polar surface area (TPSA) is 78.8 Å². The number of anilines is 3. The van der Waals surface area contributed by atoms with E-state index in [1.54, 1.807) is 6.07 Å². The van der Waals surface area contributed by atoms with Crippen LogP contribution in [0.3, 0.4) is 0 Å². The maximum absolute atomic E-state index is 9.21. The molecule has 0 unspecified atom stereocenters. The minimum absolute atomic E-state index is 0.498. The molecule has 1 aromatic carbocycles. The van der Waals surface area contributed by atoms with Crippen molar-refractivity contribution < 1.29 is 0 Å². The number of para-hydroxylation sites is 1. The monoisotopic (exact) mass is 267 g/mol. The molecular weight excluding hydrogens is 250 g/mol. The van der Waals surface area contributed by atoms with E-state index in [4.69, 9.17) is 5.73 Å². The first-order valence-electron chi connectivity index (χ1n) is 6.51. The molecule has 0 saturated heterocycles. The fourth-order valence-electron chi connectivity index (χ4n) is 2.17. The van der Waals surface area contributed by atoms with E-state index in [1.807, 2.05) is 30.1 Å². The highest BCUT2D eigenvalue weighted by Gasteiger charge is 2.16. The van der Waals surface area contributed by atoms with Gasteiger partial charge in [0.25, 0.3) is 0 Å². The second-order valence-electron chi connectivity index (χ2n) is 4.50. The Hall–Kier alpha value is -2.61. The maximum Gasteiger partial charge on any atom is 0.141 e. The first kappa shape index (κ1) is 13.8. The molecule has 0 spiro atoms. The molecule has 2 aromatic rings. The van der Waals surface area contributed by atoms with Crippen molar-refractivity contribution in [3.8, 4) is 6.07 Å². The molecule has 0 atom stereocenters. The summed E-state index contributed by atoms with van der Waals surface area (Å²) >= 11 is 0. The summed E-state index contributed by atoms with van der Waals surface area (Å²) in [5.74, 6) is 1.25. The standard InChI is InChI=1S/C15H17N5/c1-3-6-12-14(17)18-10-19-15(12)20(2)13-8-5-4-7-11(13)9-16/h4-5,7-8,10H,3,6H2,1-2H3,(H2,17,18,19). The van der Waals surface area contributed by atoms with Gasteiger partial charge >= 0.3 is 0 Å². The molecule has 0 aliphatic rings. The molecule has 0 aliphatic carbocycles. The van der Waals surface area contributed by atoms with Crippen molar-refractivity contribution in [2.45, 2.75) is 19.8 Å². The van der Waals surface area contributed by atoms with E-state index >= 15 is 0 Å². The summed E-state index contributed by atoms with van der Waals surface area (Å²) < 4.78 is 0. The molecule has 5 nitrogen and oxygen atoms in total. The third-order valence-corrected chi connectivity index (χ3v) is 3.16. The molecule has 5 heteroatoms. The smallest absolute Gasteiger partial charge is 0.141 e. The summed E-state index contributed by atoms with van der Waals surface area (Å²) in [6.45, 7) is 2.08. The Morgan fingerprint density at radius 1 is 1.30 bits per heavy atom. The Morgan fingerprint density at radius 3 is 2.75 bits per heavy atom. The lowest BCUT2D eigenvalue weighted by Crippen LogP contribution is -2.16. The van der Waals surface area contributed by atoms with E-state index in [-0.39, 0.29) is 0 Å². The van der Waals surface area contributed by atoms with Gasteiger partial charge in [-0.2, -0.15) is 5.26 Å². The summed E-state index contributed by atoms with van der Waals surface area (Å²) in [5, 5.41) is 9.21. The van der Waals surface area contributed by atoms with Gasteiger partial charge in [0.2, 0.25) is 0 Å². The summed E-state index contributed by atoms with van der Waals surface area (Å²) in [7, 11) is 1.89. The second-order valence-corrected chi connectivity index (χ2v) is 4.50. The number of nitrogens with two attached hydrogens (primary N) is 1. The van der Waals surface area contributed by atoms with E-state index in [1.165, 1.54) is 6.33 Å². The first-order valence-corrected chi connectivity index (χ1v) is 6.51. The largest absolute Gasteiger partial charge is 0.383 e. The summed E-state index contributed by atoms with van der Waals surface area (Å²) in [6, 6.07) is 9.62. The average Bonchev–Trinajstić information content (AvgIpc) is 2.48. The number of benzene rings is 1. The normalized spacial score (nSPS) is 10.1. The van der Waals surface area contributed by atoms with Crippen molar-refractivity contribution in [1.29, 1.82) is 5.26 Å². The van der Waals surface area contributed by atoms with Crippen molar-refractivity contribution in [1.82, 2.24) is 9.97 Å². The maximum atomic E-state index is 9.21. The van der Waals surface area contributed by atoms with Gasteiger partial charge in [0.1, 0.15) is 24.0 Å². The molecule has 2 N–H and O–H groups in total. The van der Waals surface area contributed by atoms with Crippen LogP contribution in [0.15, 0.2) is 30.6 Å². The number of hydrogen-bond acceptors (Lipinski definition) is 5. The van der Waals surface area contributed by atoms with Crippen LogP contribution in [0.2, 0.25) is 0 Å². The number of nitriles is 1. The van der Waals surface area contributed by atoms with Crippen LogP contribution in [0.4, 0.5) is 17.3 Å². The zero-order valence-electron chi connectivity index (χ0n) is 11.7. The van der Waals surface area contributed by atoms with Crippen molar-refractivity contribution in [2.75, 3.05) is 17.7 Å². The van der Waals surface area contributed by atoms with Gasteiger partial charge in [-0.15, -0.1) is 0 Å². The van der Waals surface area contributed by atoms with Gasteiger partial charge < -0.3 is 10.6 Å². The van der Waals surface area contributed by atoms with E-state index in [0.717, 1.165) is 29.9 Å². The van der Waals surface area contributed by atoms with Gasteiger partial charge in [-0.25, -0.2) is 9.97 Å². The van der Waals surface area contributed by atoms with Crippen molar-refractivity contribution >= 4 is 17.3 Å². The van der Waals surface area contributed by atoms with Crippen LogP contribution < -0.4 is 10.6 Å². The van der Waals surface area contributed by atoms with Gasteiger partial charge in [-0.1, -0.05) is 25.5 Å². The van der Waals surface area contributed by atoms with Crippen molar-refractivity contribution in [3.63, 3.8) is 0 Å². The van der Waals surface area contributed by atoms with Crippen LogP contribution in [0.5, 0.6) is 0 Å². The zero-order chi connectivity index (χ0) is 14.5. The van der Waals surface area contributed by atoms with Gasteiger partial charge in [-0.05, 0) is 18.6 Å². The Morgan fingerprint density at radius 2 is 2.05 bits per heavy atom. The molecule has 0 fully saturated rings. The van der Waals surface area contributed by atoms with Crippen LogP contribution in [-0.2, 0) is 6.42 Å². The lowest BCUT2D eigenvalue weighted by molar-refractivity contribution is 0.896. The molecule has 0 amide bonds. The van der Waals surface area contributed by atoms with Crippen molar-refractivity contribution in [3.05, 3.63) is 41.7 Å². The minimum Gasteiger partial charge on any atom is -0.383 e. The Kier molecular flexibility index (Phi) is 4.16. The molecule has 0 bridgehead atoms. The van der Waals surface area contributed by atoms with Crippen LogP contribution in [0, 0.1) is 11.3 Å². The third kappa shape index (κ3) is 2.54. The van der Waals surface area contributed by atoms with Crippen LogP contribution in [0.1, 0.15) is 24.5 Å². The molecule has 102 valence electrons. The number of aromatic nitrogens is 2. The Balaban J connectivity index is 2.51. The number of rotatable bonds is 4. The predicted molar refractivity (Wildman–Crippen MR) is 79.7 cm³/mol. The molecular formula is C15H17N5. The van der Waals surface area contributed by atoms with Gasteiger partial charge in [0, 0.05) is 12.6 Å². The average molecular weight is 267 g/mol. The zero-order valence-corrected chi connectivity index (χ0v) is 11.7.